The van der Waals surface area contributed by atoms with Crippen LogP contribution in [-0.4, -0.2) is 66.6 Å². The average Bonchev–Trinajstić information content (AvgIpc) is 3.10. The van der Waals surface area contributed by atoms with Gasteiger partial charge in [-0.25, -0.2) is 4.79 Å². The van der Waals surface area contributed by atoms with Crippen LogP contribution < -0.4 is 0 Å². The summed E-state index contributed by atoms with van der Waals surface area (Å²) in [6.07, 6.45) is 21.3. The monoisotopic (exact) mass is 709 g/mol. The summed E-state index contributed by atoms with van der Waals surface area (Å²) in [5.74, 6) is 0.461. The highest BCUT2D eigenvalue weighted by Gasteiger charge is 2.27. The number of allylic oxidation sites excluding steroid dienone is 11. The van der Waals surface area contributed by atoms with Gasteiger partial charge in [-0.3, -0.25) is 4.99 Å². The number of hydrogen-bond donors (Lipinski definition) is 0. The summed E-state index contributed by atoms with van der Waals surface area (Å²) in [6.45, 7) is 34.0. The van der Waals surface area contributed by atoms with Gasteiger partial charge in [0.25, 0.3) is 0 Å². The Hall–Kier alpha value is -3.37. The number of ether oxygens (including phenoxy) is 2. The zero-order valence-corrected chi connectivity index (χ0v) is 35.3. The van der Waals surface area contributed by atoms with E-state index in [1.165, 1.54) is 22.4 Å². The minimum atomic E-state index is -0.464. The fraction of sp³-hybridized carbons (Fsp3) is 0.659. The van der Waals surface area contributed by atoms with E-state index in [-0.39, 0.29) is 6.09 Å². The summed E-state index contributed by atoms with van der Waals surface area (Å²) in [7, 11) is 0. The fourth-order valence-electron chi connectivity index (χ4n) is 5.17. The lowest BCUT2D eigenvalue weighted by atomic mass is 9.87. The molecule has 1 rings (SSSR count). The maximum atomic E-state index is 12.4. The molecule has 0 aliphatic carbocycles. The molecule has 0 aromatic rings. The van der Waals surface area contributed by atoms with Gasteiger partial charge >= 0.3 is 6.09 Å². The summed E-state index contributed by atoms with van der Waals surface area (Å²) in [5, 5.41) is 8.85. The number of piperazine rings is 1. The minimum absolute atomic E-state index is 0.222. The molecule has 1 heterocycles. The highest BCUT2D eigenvalue weighted by atomic mass is 16.6. The molecule has 290 valence electrons. The molecule has 0 spiro atoms. The summed E-state index contributed by atoms with van der Waals surface area (Å²) in [6, 6.07) is 2.18. The standard InChI is InChI=1S/C25H43N3O2.C13H19N.C6H14O/c1-10-13-14-26-20(5)23(22(12-3)19(4)11-2)21(6)27-15-17-28(18-16-27)24(29)30-25(7,8)9;1-4-6-7-9-13(11-14)10-12(3)8-5-2;1-3-5-7-6-4-2/h12-14,19H,10-11,15-18H2,1-9H3;6-7,9-10H,4-5,8H2,1-3H3;3-6H2,1-2H3/b14-13+,22-12-,23-21-,26-20+;7-6+,12-10+,13-9+;. The van der Waals surface area contributed by atoms with Crippen molar-refractivity contribution in [1.82, 2.24) is 9.80 Å². The topological polar surface area (TPSA) is 78.2 Å². The van der Waals surface area contributed by atoms with Crippen molar-refractivity contribution < 1.29 is 14.3 Å². The molecular formula is C44H76N4O3. The Morgan fingerprint density at radius 3 is 1.92 bits per heavy atom. The Morgan fingerprint density at radius 1 is 0.902 bits per heavy atom. The predicted octanol–water partition coefficient (Wildman–Crippen LogP) is 12.2. The molecule has 1 saturated heterocycles. The minimum Gasteiger partial charge on any atom is -0.444 e. The third-order valence-corrected chi connectivity index (χ3v) is 8.00. The lowest BCUT2D eigenvalue weighted by molar-refractivity contribution is 0.0168. The maximum Gasteiger partial charge on any atom is 0.410 e. The largest absolute Gasteiger partial charge is 0.444 e. The first-order valence-electron chi connectivity index (χ1n) is 19.5. The van der Waals surface area contributed by atoms with Crippen LogP contribution in [0.5, 0.6) is 0 Å². The van der Waals surface area contributed by atoms with E-state index in [2.05, 4.69) is 99.3 Å². The van der Waals surface area contributed by atoms with Crippen molar-refractivity contribution in [3.8, 4) is 6.07 Å². The number of carbonyl (C=O) groups excluding carboxylic acids is 1. The van der Waals surface area contributed by atoms with E-state index < -0.39 is 5.60 Å². The van der Waals surface area contributed by atoms with Gasteiger partial charge in [0.15, 0.2) is 0 Å². The van der Waals surface area contributed by atoms with Crippen LogP contribution in [0.3, 0.4) is 0 Å². The van der Waals surface area contributed by atoms with Crippen LogP contribution in [0.15, 0.2) is 75.6 Å². The number of hydrogen-bond acceptors (Lipinski definition) is 6. The lowest BCUT2D eigenvalue weighted by Gasteiger charge is -2.38. The highest BCUT2D eigenvalue weighted by Crippen LogP contribution is 2.29. The lowest BCUT2D eigenvalue weighted by Crippen LogP contribution is -2.49. The van der Waals surface area contributed by atoms with E-state index in [0.29, 0.717) is 19.0 Å². The van der Waals surface area contributed by atoms with Crippen molar-refractivity contribution in [1.29, 1.82) is 5.26 Å². The SMILES string of the molecule is CC/C=C/C=C(C#N)\C=C(/C)CCC.CCCOCCC.C\C=C(C(/C(C)=N/C=C/CC)=C(/C)N1CCN(C(=O)OC(C)(C)C)CC1)\C(C)CC. The summed E-state index contributed by atoms with van der Waals surface area (Å²) in [5.41, 5.74) is 6.40. The molecule has 7 nitrogen and oxygen atoms in total. The van der Waals surface area contributed by atoms with E-state index in [4.69, 9.17) is 19.7 Å². The van der Waals surface area contributed by atoms with Crippen molar-refractivity contribution in [2.24, 2.45) is 10.9 Å². The Labute approximate surface area is 314 Å². The molecule has 1 aliphatic heterocycles. The molecule has 0 bridgehead atoms. The molecule has 1 fully saturated rings. The van der Waals surface area contributed by atoms with Crippen LogP contribution in [-0.2, 0) is 9.47 Å². The molecule has 0 aromatic heterocycles. The second-order valence-corrected chi connectivity index (χ2v) is 13.9. The summed E-state index contributed by atoms with van der Waals surface area (Å²) >= 11 is 0. The molecular weight excluding hydrogens is 633 g/mol. The van der Waals surface area contributed by atoms with Gasteiger partial charge in [-0.15, -0.1) is 0 Å². The second-order valence-electron chi connectivity index (χ2n) is 13.9. The van der Waals surface area contributed by atoms with Gasteiger partial charge < -0.3 is 19.3 Å². The van der Waals surface area contributed by atoms with Crippen LogP contribution in [0.25, 0.3) is 0 Å². The van der Waals surface area contributed by atoms with Crippen molar-refractivity contribution in [3.63, 3.8) is 0 Å². The molecule has 1 atom stereocenters. The van der Waals surface area contributed by atoms with Gasteiger partial charge in [-0.05, 0) is 111 Å². The Balaban J connectivity index is 0. The zero-order valence-electron chi connectivity index (χ0n) is 35.3. The van der Waals surface area contributed by atoms with Crippen LogP contribution in [0, 0.1) is 17.2 Å². The molecule has 0 aromatic carbocycles. The van der Waals surface area contributed by atoms with Crippen LogP contribution in [0.1, 0.15) is 142 Å². The number of carbonyl (C=O) groups is 1. The number of nitrogens with zero attached hydrogens (tertiary/aromatic N) is 4. The first kappa shape index (κ1) is 49.7. The zero-order chi connectivity index (χ0) is 39.2. The van der Waals surface area contributed by atoms with Gasteiger partial charge in [-0.1, -0.05) is 84.8 Å². The summed E-state index contributed by atoms with van der Waals surface area (Å²) < 4.78 is 10.7. The number of amides is 1. The molecule has 1 unspecified atom stereocenters. The molecule has 0 N–H and O–H groups in total. The van der Waals surface area contributed by atoms with Crippen LogP contribution in [0.2, 0.25) is 0 Å². The van der Waals surface area contributed by atoms with Crippen molar-refractivity contribution in [3.05, 3.63) is 70.6 Å². The second kappa shape index (κ2) is 30.3. The normalized spacial score (nSPS) is 15.9. The molecule has 1 amide bonds. The average molecular weight is 709 g/mol. The fourth-order valence-corrected chi connectivity index (χ4v) is 5.17. The van der Waals surface area contributed by atoms with Gasteiger partial charge in [0.1, 0.15) is 5.60 Å². The van der Waals surface area contributed by atoms with Crippen molar-refractivity contribution in [2.75, 3.05) is 39.4 Å². The Morgan fingerprint density at radius 2 is 1.47 bits per heavy atom. The van der Waals surface area contributed by atoms with E-state index >= 15 is 0 Å². The summed E-state index contributed by atoms with van der Waals surface area (Å²) in [4.78, 5) is 21.3. The third-order valence-electron chi connectivity index (χ3n) is 8.00. The smallest absolute Gasteiger partial charge is 0.410 e. The predicted molar refractivity (Wildman–Crippen MR) is 221 cm³/mol. The van der Waals surface area contributed by atoms with Crippen LogP contribution in [0.4, 0.5) is 4.79 Å². The number of aliphatic imine (C=N–C) groups is 1. The molecule has 51 heavy (non-hydrogen) atoms. The Bertz CT molecular complexity index is 1210. The molecule has 0 radical (unpaired) electrons. The first-order chi connectivity index (χ1) is 24.2. The van der Waals surface area contributed by atoms with Gasteiger partial charge in [0.2, 0.25) is 0 Å². The van der Waals surface area contributed by atoms with E-state index in [0.717, 1.165) is 82.5 Å². The van der Waals surface area contributed by atoms with Gasteiger partial charge in [0, 0.05) is 62.6 Å². The van der Waals surface area contributed by atoms with E-state index in [1.54, 1.807) is 0 Å². The third kappa shape index (κ3) is 23.7. The number of nitriles is 1. The van der Waals surface area contributed by atoms with E-state index in [1.807, 2.05) is 56.2 Å². The van der Waals surface area contributed by atoms with Crippen molar-refractivity contribution in [2.45, 2.75) is 147 Å². The van der Waals surface area contributed by atoms with Gasteiger partial charge in [0.05, 0.1) is 11.6 Å². The molecule has 0 saturated carbocycles. The Kier molecular flexibility index (Phi) is 29.5. The highest BCUT2D eigenvalue weighted by molar-refractivity contribution is 6.03. The first-order valence-corrected chi connectivity index (χ1v) is 19.5. The van der Waals surface area contributed by atoms with Crippen molar-refractivity contribution >= 4 is 11.8 Å². The molecule has 1 aliphatic rings. The van der Waals surface area contributed by atoms with E-state index in [9.17, 15) is 4.79 Å². The maximum absolute atomic E-state index is 12.4. The quantitative estimate of drug-likeness (QED) is 0.0690. The number of rotatable bonds is 16. The van der Waals surface area contributed by atoms with Gasteiger partial charge in [-0.2, -0.15) is 5.26 Å². The molecule has 7 heteroatoms. The van der Waals surface area contributed by atoms with Crippen LogP contribution >= 0.6 is 0 Å².